The van der Waals surface area contributed by atoms with Gasteiger partial charge in [-0.05, 0) is 0 Å². The van der Waals surface area contributed by atoms with Crippen molar-refractivity contribution in [3.63, 3.8) is 0 Å². The minimum atomic E-state index is 0.517. The summed E-state index contributed by atoms with van der Waals surface area (Å²) in [5.41, 5.74) is 1.48. The molecule has 0 aromatic heterocycles. The summed E-state index contributed by atoms with van der Waals surface area (Å²) < 4.78 is 0.517. The zero-order chi connectivity index (χ0) is 9.03. The molecule has 0 aliphatic heterocycles. The van der Waals surface area contributed by atoms with E-state index in [1.807, 2.05) is 0 Å². The Kier molecular flexibility index (Phi) is 3.37. The van der Waals surface area contributed by atoms with Crippen LogP contribution in [0.3, 0.4) is 0 Å². The van der Waals surface area contributed by atoms with Crippen molar-refractivity contribution in [1.29, 1.82) is 0 Å². The van der Waals surface area contributed by atoms with Crippen molar-refractivity contribution in [2.24, 2.45) is 0 Å². The van der Waals surface area contributed by atoms with Crippen LogP contribution in [0.25, 0.3) is 0 Å². The fourth-order valence-corrected chi connectivity index (χ4v) is 2.54. The van der Waals surface area contributed by atoms with Crippen LogP contribution in [0.1, 0.15) is 26.3 Å². The Morgan fingerprint density at radius 1 is 1.08 bits per heavy atom. The van der Waals surface area contributed by atoms with Crippen molar-refractivity contribution in [1.82, 2.24) is 0 Å². The summed E-state index contributed by atoms with van der Waals surface area (Å²) >= 11 is 0.717. The molecular weight excluding hydrogens is 211 g/mol. The van der Waals surface area contributed by atoms with Crippen LogP contribution < -0.4 is 0 Å². The molecule has 0 spiro atoms. The molecule has 0 fully saturated rings. The van der Waals surface area contributed by atoms with Gasteiger partial charge in [-0.3, -0.25) is 0 Å². The maximum absolute atomic E-state index is 2.32. The summed E-state index contributed by atoms with van der Waals surface area (Å²) in [4.78, 5) is 0. The van der Waals surface area contributed by atoms with Gasteiger partial charge in [-0.2, -0.15) is 0 Å². The molecule has 1 aromatic carbocycles. The number of hydrogen-bond donors (Lipinski definition) is 0. The van der Waals surface area contributed by atoms with Crippen molar-refractivity contribution >= 4 is 15.0 Å². The molecule has 0 atom stereocenters. The molecule has 0 saturated carbocycles. The average Bonchev–Trinajstić information content (AvgIpc) is 2.02. The Morgan fingerprint density at radius 3 is 2.17 bits per heavy atom. The van der Waals surface area contributed by atoms with Gasteiger partial charge in [0.25, 0.3) is 0 Å². The molecule has 1 aromatic rings. The third kappa shape index (κ3) is 3.94. The molecular formula is C11H16Se. The fourth-order valence-electron chi connectivity index (χ4n) is 0.874. The van der Waals surface area contributed by atoms with Gasteiger partial charge in [0.05, 0.1) is 0 Å². The van der Waals surface area contributed by atoms with Crippen molar-refractivity contribution in [3.05, 3.63) is 35.9 Å². The van der Waals surface area contributed by atoms with E-state index in [0.29, 0.717) is 19.3 Å². The van der Waals surface area contributed by atoms with Gasteiger partial charge >= 0.3 is 81.3 Å². The van der Waals surface area contributed by atoms with Crippen molar-refractivity contribution < 1.29 is 0 Å². The van der Waals surface area contributed by atoms with Gasteiger partial charge in [-0.15, -0.1) is 0 Å². The van der Waals surface area contributed by atoms with E-state index in [9.17, 15) is 0 Å². The molecule has 0 aliphatic carbocycles. The summed E-state index contributed by atoms with van der Waals surface area (Å²) in [7, 11) is 0. The topological polar surface area (TPSA) is 0 Å². The Hall–Kier alpha value is -0.261. The van der Waals surface area contributed by atoms with E-state index in [1.165, 1.54) is 10.9 Å². The van der Waals surface area contributed by atoms with Crippen LogP contribution in [-0.2, 0) is 5.32 Å². The number of hydrogen-bond acceptors (Lipinski definition) is 0. The average molecular weight is 227 g/mol. The molecule has 0 N–H and O–H groups in total. The second-order valence-corrected chi connectivity index (χ2v) is 7.67. The number of rotatable bonds is 2. The van der Waals surface area contributed by atoms with E-state index in [-0.39, 0.29) is 0 Å². The van der Waals surface area contributed by atoms with Crippen LogP contribution in [0.2, 0.25) is 4.31 Å². The first-order chi connectivity index (χ1) is 5.58. The maximum atomic E-state index is 2.32. The third-order valence-electron chi connectivity index (χ3n) is 1.51. The predicted molar refractivity (Wildman–Crippen MR) is 55.6 cm³/mol. The Morgan fingerprint density at radius 2 is 1.67 bits per heavy atom. The second kappa shape index (κ2) is 4.11. The molecule has 1 rings (SSSR count). The molecule has 0 amide bonds. The summed E-state index contributed by atoms with van der Waals surface area (Å²) in [6, 6.07) is 10.7. The van der Waals surface area contributed by atoms with E-state index in [0.717, 1.165) is 0 Å². The summed E-state index contributed by atoms with van der Waals surface area (Å²) in [6.07, 6.45) is 0. The summed E-state index contributed by atoms with van der Waals surface area (Å²) in [5, 5.41) is 1.26. The molecule has 0 nitrogen and oxygen atoms in total. The molecule has 0 aliphatic rings. The van der Waals surface area contributed by atoms with Gasteiger partial charge in [0, 0.05) is 0 Å². The molecule has 12 heavy (non-hydrogen) atoms. The van der Waals surface area contributed by atoms with E-state index in [4.69, 9.17) is 0 Å². The predicted octanol–water partition coefficient (Wildman–Crippen LogP) is 3.11. The summed E-state index contributed by atoms with van der Waals surface area (Å²) in [5.74, 6) is 0. The number of benzene rings is 1. The van der Waals surface area contributed by atoms with E-state index in [2.05, 4.69) is 51.1 Å². The Balaban J connectivity index is 2.44. The zero-order valence-electron chi connectivity index (χ0n) is 8.00. The summed E-state index contributed by atoms with van der Waals surface area (Å²) in [6.45, 7) is 6.95. The van der Waals surface area contributed by atoms with Gasteiger partial charge in [0.1, 0.15) is 0 Å². The third-order valence-corrected chi connectivity index (χ3v) is 4.33. The van der Waals surface area contributed by atoms with Gasteiger partial charge in [0.2, 0.25) is 0 Å². The first-order valence-electron chi connectivity index (χ1n) is 4.26. The van der Waals surface area contributed by atoms with E-state index in [1.54, 1.807) is 0 Å². The molecule has 0 heterocycles. The molecule has 0 bridgehead atoms. The van der Waals surface area contributed by atoms with E-state index < -0.39 is 0 Å². The van der Waals surface area contributed by atoms with E-state index >= 15 is 0 Å². The fraction of sp³-hybridized carbons (Fsp3) is 0.455. The standard InChI is InChI=1S/C11H16Se/c1-11(2,3)12-9-10-7-5-4-6-8-10/h4-8H,9H2,1-3H3. The molecule has 0 radical (unpaired) electrons. The van der Waals surface area contributed by atoms with Gasteiger partial charge in [-0.1, -0.05) is 0 Å². The second-order valence-electron chi connectivity index (χ2n) is 3.89. The van der Waals surface area contributed by atoms with Crippen LogP contribution >= 0.6 is 0 Å². The minimum absolute atomic E-state index is 0.517. The van der Waals surface area contributed by atoms with Gasteiger partial charge in [-0.25, -0.2) is 0 Å². The first kappa shape index (κ1) is 9.82. The van der Waals surface area contributed by atoms with Crippen LogP contribution in [0.15, 0.2) is 30.3 Å². The van der Waals surface area contributed by atoms with Crippen LogP contribution in [0, 0.1) is 0 Å². The first-order valence-corrected chi connectivity index (χ1v) is 6.32. The monoisotopic (exact) mass is 228 g/mol. The molecule has 1 heteroatoms. The van der Waals surface area contributed by atoms with Crippen LogP contribution in [-0.4, -0.2) is 15.0 Å². The molecule has 0 saturated heterocycles. The molecule has 0 unspecified atom stereocenters. The van der Waals surface area contributed by atoms with Gasteiger partial charge < -0.3 is 0 Å². The van der Waals surface area contributed by atoms with Crippen LogP contribution in [0.5, 0.6) is 0 Å². The van der Waals surface area contributed by atoms with Crippen LogP contribution in [0.4, 0.5) is 0 Å². The van der Waals surface area contributed by atoms with Crippen molar-refractivity contribution in [2.75, 3.05) is 0 Å². The quantitative estimate of drug-likeness (QED) is 0.681. The van der Waals surface area contributed by atoms with Crippen molar-refractivity contribution in [2.45, 2.75) is 30.4 Å². The Labute approximate surface area is 81.5 Å². The van der Waals surface area contributed by atoms with Crippen molar-refractivity contribution in [3.8, 4) is 0 Å². The normalized spacial score (nSPS) is 11.6. The SMILES string of the molecule is CC(C)(C)[Se]Cc1ccccc1. The zero-order valence-corrected chi connectivity index (χ0v) is 9.72. The molecule has 66 valence electrons. The Bertz CT molecular complexity index is 221. The van der Waals surface area contributed by atoms with Gasteiger partial charge in [0.15, 0.2) is 0 Å².